The Morgan fingerprint density at radius 3 is 2.76 bits per heavy atom. The van der Waals surface area contributed by atoms with Crippen LogP contribution in [0.4, 0.5) is 0 Å². The molecule has 7 nitrogen and oxygen atoms in total. The first-order valence-electron chi connectivity index (χ1n) is 9.53. The van der Waals surface area contributed by atoms with E-state index in [1.165, 1.54) is 5.56 Å². The summed E-state index contributed by atoms with van der Waals surface area (Å²) in [6.45, 7) is 6.70. The minimum atomic E-state index is -0.633. The predicted molar refractivity (Wildman–Crippen MR) is 110 cm³/mol. The first kappa shape index (κ1) is 20.4. The van der Waals surface area contributed by atoms with Gasteiger partial charge >= 0.3 is 5.97 Å². The van der Waals surface area contributed by atoms with Crippen LogP contribution in [0.3, 0.4) is 0 Å². The van der Waals surface area contributed by atoms with Crippen LogP contribution in [0, 0.1) is 20.8 Å². The molecule has 0 atom stereocenters. The van der Waals surface area contributed by atoms with E-state index in [2.05, 4.69) is 28.5 Å². The smallest absolute Gasteiger partial charge is 0.359 e. The second kappa shape index (κ2) is 9.23. The van der Waals surface area contributed by atoms with E-state index in [1.54, 1.807) is 6.07 Å². The van der Waals surface area contributed by atoms with Gasteiger partial charge in [-0.25, -0.2) is 4.79 Å². The summed E-state index contributed by atoms with van der Waals surface area (Å²) in [6.07, 6.45) is 0.649. The van der Waals surface area contributed by atoms with Crippen LogP contribution in [0.1, 0.15) is 33.6 Å². The molecule has 1 amide bonds. The third-order valence-electron chi connectivity index (χ3n) is 4.66. The molecule has 3 aromatic rings. The number of aromatic amines is 1. The van der Waals surface area contributed by atoms with E-state index >= 15 is 0 Å². The zero-order valence-electron chi connectivity index (χ0n) is 16.9. The Bertz CT molecular complexity index is 1030. The van der Waals surface area contributed by atoms with Crippen molar-refractivity contribution in [3.05, 3.63) is 58.8 Å². The third kappa shape index (κ3) is 5.13. The highest BCUT2D eigenvalue weighted by Gasteiger charge is 2.16. The summed E-state index contributed by atoms with van der Waals surface area (Å²) < 4.78 is 10.9. The van der Waals surface area contributed by atoms with Gasteiger partial charge in [-0.1, -0.05) is 24.3 Å². The summed E-state index contributed by atoms with van der Waals surface area (Å²) in [5.74, 6) is -0.124. The number of amides is 1. The Hall–Kier alpha value is -3.35. The SMILES string of the molecule is Cc1cc(C)c(C)c(OCCCNC(=O)COC(=O)c2n[nH]c3ccccc23)c1. The molecule has 0 saturated heterocycles. The maximum absolute atomic E-state index is 12.1. The molecule has 7 heteroatoms. The standard InChI is InChI=1S/C22H25N3O4/c1-14-11-15(2)16(3)19(12-14)28-10-6-9-23-20(26)13-29-22(27)21-17-7-4-5-8-18(17)24-25-21/h4-5,7-8,11-12H,6,9-10,13H2,1-3H3,(H,23,26)(H,24,25). The Labute approximate surface area is 169 Å². The van der Waals surface area contributed by atoms with Gasteiger partial charge in [0.15, 0.2) is 12.3 Å². The predicted octanol–water partition coefficient (Wildman–Crippen LogP) is 3.23. The summed E-state index contributed by atoms with van der Waals surface area (Å²) in [7, 11) is 0. The van der Waals surface area contributed by atoms with Gasteiger partial charge in [0.25, 0.3) is 5.91 Å². The summed E-state index contributed by atoms with van der Waals surface area (Å²) in [5, 5.41) is 10.1. The van der Waals surface area contributed by atoms with Gasteiger partial charge in [0.1, 0.15) is 5.75 Å². The van der Waals surface area contributed by atoms with Gasteiger partial charge in [-0.3, -0.25) is 9.89 Å². The number of esters is 1. The normalized spacial score (nSPS) is 10.7. The summed E-state index contributed by atoms with van der Waals surface area (Å²) in [4.78, 5) is 24.0. The van der Waals surface area contributed by atoms with Crippen molar-refractivity contribution in [2.45, 2.75) is 27.2 Å². The van der Waals surface area contributed by atoms with Crippen LogP contribution in [-0.4, -0.2) is 41.8 Å². The van der Waals surface area contributed by atoms with Crippen molar-refractivity contribution in [3.63, 3.8) is 0 Å². The number of hydrogen-bond acceptors (Lipinski definition) is 5. The number of para-hydroxylation sites is 1. The lowest BCUT2D eigenvalue weighted by Crippen LogP contribution is -2.30. The molecule has 2 aromatic carbocycles. The van der Waals surface area contributed by atoms with Gasteiger partial charge in [-0.05, 0) is 56.0 Å². The zero-order chi connectivity index (χ0) is 20.8. The van der Waals surface area contributed by atoms with Gasteiger partial charge < -0.3 is 14.8 Å². The lowest BCUT2D eigenvalue weighted by Gasteiger charge is -2.12. The molecule has 0 fully saturated rings. The van der Waals surface area contributed by atoms with Crippen molar-refractivity contribution in [2.24, 2.45) is 0 Å². The van der Waals surface area contributed by atoms with Gasteiger partial charge in [0.05, 0.1) is 12.1 Å². The minimum absolute atomic E-state index is 0.172. The highest BCUT2D eigenvalue weighted by molar-refractivity contribution is 6.02. The zero-order valence-corrected chi connectivity index (χ0v) is 16.9. The Kier molecular flexibility index (Phi) is 6.49. The van der Waals surface area contributed by atoms with E-state index in [0.29, 0.717) is 25.0 Å². The van der Waals surface area contributed by atoms with Crippen molar-refractivity contribution in [1.82, 2.24) is 15.5 Å². The molecule has 29 heavy (non-hydrogen) atoms. The number of ether oxygens (including phenoxy) is 2. The number of nitrogens with zero attached hydrogens (tertiary/aromatic N) is 1. The number of aryl methyl sites for hydroxylation is 2. The molecule has 0 aliphatic rings. The third-order valence-corrected chi connectivity index (χ3v) is 4.66. The molecule has 0 radical (unpaired) electrons. The lowest BCUT2D eigenvalue weighted by atomic mass is 10.1. The molecule has 1 heterocycles. The van der Waals surface area contributed by atoms with Gasteiger partial charge in [-0.2, -0.15) is 5.10 Å². The van der Waals surface area contributed by atoms with Crippen molar-refractivity contribution in [2.75, 3.05) is 19.8 Å². The number of hydrogen-bond donors (Lipinski definition) is 2. The molecular formula is C22H25N3O4. The molecule has 2 N–H and O–H groups in total. The Balaban J connectivity index is 1.38. The molecular weight excluding hydrogens is 370 g/mol. The molecule has 0 spiro atoms. The Morgan fingerprint density at radius 1 is 1.14 bits per heavy atom. The Morgan fingerprint density at radius 2 is 1.93 bits per heavy atom. The minimum Gasteiger partial charge on any atom is -0.493 e. The maximum Gasteiger partial charge on any atom is 0.359 e. The number of aromatic nitrogens is 2. The fourth-order valence-corrected chi connectivity index (χ4v) is 3.00. The first-order valence-corrected chi connectivity index (χ1v) is 9.53. The fourth-order valence-electron chi connectivity index (χ4n) is 3.00. The van der Waals surface area contributed by atoms with Crippen molar-refractivity contribution < 1.29 is 19.1 Å². The summed E-state index contributed by atoms with van der Waals surface area (Å²) >= 11 is 0. The summed E-state index contributed by atoms with van der Waals surface area (Å²) in [5.41, 5.74) is 4.38. The van der Waals surface area contributed by atoms with Crippen molar-refractivity contribution in [1.29, 1.82) is 0 Å². The van der Waals surface area contributed by atoms with E-state index in [1.807, 2.05) is 38.1 Å². The van der Waals surface area contributed by atoms with E-state index < -0.39 is 5.97 Å². The van der Waals surface area contributed by atoms with E-state index in [4.69, 9.17) is 9.47 Å². The number of fused-ring (bicyclic) bond motifs is 1. The fraction of sp³-hybridized carbons (Fsp3) is 0.318. The van der Waals surface area contributed by atoms with Crippen LogP contribution in [0.5, 0.6) is 5.75 Å². The molecule has 0 aliphatic carbocycles. The van der Waals surface area contributed by atoms with Crippen molar-refractivity contribution >= 4 is 22.8 Å². The van der Waals surface area contributed by atoms with E-state index in [9.17, 15) is 9.59 Å². The van der Waals surface area contributed by atoms with Gasteiger partial charge in [0.2, 0.25) is 0 Å². The molecule has 1 aromatic heterocycles. The highest BCUT2D eigenvalue weighted by Crippen LogP contribution is 2.23. The van der Waals surface area contributed by atoms with Crippen LogP contribution in [0.2, 0.25) is 0 Å². The highest BCUT2D eigenvalue weighted by atomic mass is 16.5. The van der Waals surface area contributed by atoms with Crippen molar-refractivity contribution in [3.8, 4) is 5.75 Å². The van der Waals surface area contributed by atoms with E-state index in [0.717, 1.165) is 22.4 Å². The molecule has 0 saturated carbocycles. The monoisotopic (exact) mass is 395 g/mol. The molecule has 152 valence electrons. The van der Waals surface area contributed by atoms with E-state index in [-0.39, 0.29) is 18.2 Å². The van der Waals surface area contributed by atoms with Crippen LogP contribution >= 0.6 is 0 Å². The molecule has 0 bridgehead atoms. The quantitative estimate of drug-likeness (QED) is 0.451. The number of benzene rings is 2. The summed E-state index contributed by atoms with van der Waals surface area (Å²) in [6, 6.07) is 11.4. The largest absolute Gasteiger partial charge is 0.493 e. The number of nitrogens with one attached hydrogen (secondary N) is 2. The number of carbonyl (C=O) groups excluding carboxylic acids is 2. The lowest BCUT2D eigenvalue weighted by molar-refractivity contribution is -0.124. The molecule has 0 unspecified atom stereocenters. The first-order chi connectivity index (χ1) is 14.0. The van der Waals surface area contributed by atoms with Crippen LogP contribution < -0.4 is 10.1 Å². The topological polar surface area (TPSA) is 93.3 Å². The van der Waals surface area contributed by atoms with Crippen LogP contribution in [0.25, 0.3) is 10.9 Å². The average Bonchev–Trinajstić information content (AvgIpc) is 3.13. The second-order valence-corrected chi connectivity index (χ2v) is 6.95. The van der Waals surface area contributed by atoms with Gasteiger partial charge in [0, 0.05) is 11.9 Å². The second-order valence-electron chi connectivity index (χ2n) is 6.95. The van der Waals surface area contributed by atoms with Crippen LogP contribution in [0.15, 0.2) is 36.4 Å². The average molecular weight is 395 g/mol. The number of rotatable bonds is 8. The molecule has 3 rings (SSSR count). The number of carbonyl (C=O) groups is 2. The molecule has 0 aliphatic heterocycles. The van der Waals surface area contributed by atoms with Crippen LogP contribution in [-0.2, 0) is 9.53 Å². The number of H-pyrrole nitrogens is 1. The maximum atomic E-state index is 12.1. The van der Waals surface area contributed by atoms with Gasteiger partial charge in [-0.15, -0.1) is 0 Å².